The van der Waals surface area contributed by atoms with E-state index >= 15 is 0 Å². The zero-order chi connectivity index (χ0) is 10.7. The van der Waals surface area contributed by atoms with Gasteiger partial charge in [-0.25, -0.2) is 13.6 Å². The molecule has 0 N–H and O–H groups in total. The van der Waals surface area contributed by atoms with Crippen LogP contribution >= 0.6 is 15.9 Å². The van der Waals surface area contributed by atoms with Crippen molar-refractivity contribution in [3.05, 3.63) is 34.1 Å². The summed E-state index contributed by atoms with van der Waals surface area (Å²) in [5.74, 6) is -1.89. The van der Waals surface area contributed by atoms with Crippen LogP contribution in [0.5, 0.6) is 0 Å². The second-order valence-corrected chi connectivity index (χ2v) is 3.47. The van der Waals surface area contributed by atoms with Crippen LogP contribution in [0.1, 0.15) is 11.7 Å². The number of alkyl halides is 1. The van der Waals surface area contributed by atoms with Crippen molar-refractivity contribution in [1.82, 2.24) is 0 Å². The second-order valence-electron chi connectivity index (χ2n) is 2.55. The van der Waals surface area contributed by atoms with Crippen LogP contribution in [0.25, 0.3) is 0 Å². The van der Waals surface area contributed by atoms with Crippen molar-refractivity contribution in [2.24, 2.45) is 0 Å². The Kier molecular flexibility index (Phi) is 3.57. The van der Waals surface area contributed by atoms with Crippen LogP contribution in [0.3, 0.4) is 0 Å². The van der Waals surface area contributed by atoms with E-state index in [0.717, 1.165) is 13.2 Å². The molecule has 1 aromatic carbocycles. The van der Waals surface area contributed by atoms with E-state index in [-0.39, 0.29) is 5.56 Å². The lowest BCUT2D eigenvalue weighted by Crippen LogP contribution is -2.11. The Labute approximate surface area is 88.0 Å². The van der Waals surface area contributed by atoms with Gasteiger partial charge in [0.15, 0.2) is 0 Å². The third-order valence-corrected chi connectivity index (χ3v) is 2.14. The summed E-state index contributed by atoms with van der Waals surface area (Å²) in [5, 5.41) is 0. The Balaban J connectivity index is 3.01. The van der Waals surface area contributed by atoms with Gasteiger partial charge in [-0.15, -0.1) is 0 Å². The van der Waals surface area contributed by atoms with Gasteiger partial charge in [0.05, 0.1) is 7.11 Å². The Bertz CT molecular complexity index is 355. The first-order valence-electron chi connectivity index (χ1n) is 3.73. The number of hydrogen-bond acceptors (Lipinski definition) is 2. The van der Waals surface area contributed by atoms with Crippen LogP contribution in [-0.2, 0) is 9.53 Å². The van der Waals surface area contributed by atoms with Gasteiger partial charge in [0.25, 0.3) is 0 Å². The van der Waals surface area contributed by atoms with E-state index in [9.17, 15) is 13.6 Å². The molecule has 1 unspecified atom stereocenters. The zero-order valence-electron chi connectivity index (χ0n) is 7.26. The highest BCUT2D eigenvalue weighted by Crippen LogP contribution is 2.24. The first-order chi connectivity index (χ1) is 6.56. The van der Waals surface area contributed by atoms with Gasteiger partial charge in [-0.1, -0.05) is 22.0 Å². The minimum atomic E-state index is -2.08. The summed E-state index contributed by atoms with van der Waals surface area (Å²) in [6.07, 6.45) is -2.08. The van der Waals surface area contributed by atoms with Crippen molar-refractivity contribution in [2.45, 2.75) is 6.17 Å². The number of hydrogen-bond donors (Lipinski definition) is 0. The number of esters is 1. The summed E-state index contributed by atoms with van der Waals surface area (Å²) in [5.41, 5.74) is -0.319. The third-order valence-electron chi connectivity index (χ3n) is 1.64. The summed E-state index contributed by atoms with van der Waals surface area (Å²) in [6.45, 7) is 0. The van der Waals surface area contributed by atoms with Crippen molar-refractivity contribution in [3.63, 3.8) is 0 Å². The number of carbonyl (C=O) groups is 1. The smallest absolute Gasteiger partial charge is 0.345 e. The maximum Gasteiger partial charge on any atom is 0.345 e. The summed E-state index contributed by atoms with van der Waals surface area (Å²) in [7, 11) is 1.05. The number of carbonyl (C=O) groups excluding carboxylic acids is 1. The molecule has 1 atom stereocenters. The molecule has 0 amide bonds. The van der Waals surface area contributed by atoms with Crippen LogP contribution in [0, 0.1) is 5.82 Å². The lowest BCUT2D eigenvalue weighted by Gasteiger charge is -2.07. The highest BCUT2D eigenvalue weighted by molar-refractivity contribution is 9.10. The molecule has 0 aliphatic heterocycles. The van der Waals surface area contributed by atoms with E-state index in [2.05, 4.69) is 20.7 Å². The number of rotatable bonds is 2. The molecule has 0 fully saturated rings. The van der Waals surface area contributed by atoms with Gasteiger partial charge < -0.3 is 4.74 Å². The normalized spacial score (nSPS) is 12.3. The molecule has 14 heavy (non-hydrogen) atoms. The number of methoxy groups -OCH3 is 1. The molecule has 1 rings (SSSR count). The van der Waals surface area contributed by atoms with Crippen molar-refractivity contribution < 1.29 is 18.3 Å². The van der Waals surface area contributed by atoms with Crippen LogP contribution in [0.2, 0.25) is 0 Å². The van der Waals surface area contributed by atoms with Crippen molar-refractivity contribution >= 4 is 21.9 Å². The van der Waals surface area contributed by atoms with E-state index < -0.39 is 18.0 Å². The lowest BCUT2D eigenvalue weighted by atomic mass is 10.1. The summed E-state index contributed by atoms with van der Waals surface area (Å²) >= 11 is 3.02. The maximum absolute atomic E-state index is 13.2. The quantitative estimate of drug-likeness (QED) is 0.768. The van der Waals surface area contributed by atoms with Gasteiger partial charge in [0.1, 0.15) is 5.82 Å². The van der Waals surface area contributed by atoms with Gasteiger partial charge in [0, 0.05) is 10.0 Å². The highest BCUT2D eigenvalue weighted by atomic mass is 79.9. The minimum Gasteiger partial charge on any atom is -0.467 e. The SMILES string of the molecule is COC(=O)C(F)c1ccc(Br)cc1F. The number of halogens is 3. The van der Waals surface area contributed by atoms with Crippen molar-refractivity contribution in [1.29, 1.82) is 0 Å². The Morgan fingerprint density at radius 1 is 1.57 bits per heavy atom. The van der Waals surface area contributed by atoms with Gasteiger partial charge in [-0.05, 0) is 12.1 Å². The molecule has 0 aliphatic carbocycles. The summed E-state index contributed by atoms with van der Waals surface area (Å²) in [6, 6.07) is 3.74. The lowest BCUT2D eigenvalue weighted by molar-refractivity contribution is -0.146. The summed E-state index contributed by atoms with van der Waals surface area (Å²) < 4.78 is 31.0. The van der Waals surface area contributed by atoms with E-state index in [1.165, 1.54) is 12.1 Å². The standard InChI is InChI=1S/C9H7BrF2O2/c1-14-9(13)8(12)6-3-2-5(10)4-7(6)11/h2-4,8H,1H3. The summed E-state index contributed by atoms with van der Waals surface area (Å²) in [4.78, 5) is 10.8. The van der Waals surface area contributed by atoms with E-state index in [1.54, 1.807) is 0 Å². The van der Waals surface area contributed by atoms with Crippen molar-refractivity contribution in [3.8, 4) is 0 Å². The Morgan fingerprint density at radius 2 is 2.21 bits per heavy atom. The first kappa shape index (κ1) is 11.1. The van der Waals surface area contributed by atoms with Gasteiger partial charge >= 0.3 is 5.97 Å². The zero-order valence-corrected chi connectivity index (χ0v) is 8.85. The van der Waals surface area contributed by atoms with E-state index in [4.69, 9.17) is 0 Å². The predicted molar refractivity (Wildman–Crippen MR) is 50.0 cm³/mol. The molecule has 0 radical (unpaired) electrons. The average Bonchev–Trinajstić information content (AvgIpc) is 2.15. The molecular formula is C9H7BrF2O2. The van der Waals surface area contributed by atoms with Gasteiger partial charge in [-0.3, -0.25) is 0 Å². The van der Waals surface area contributed by atoms with Crippen molar-refractivity contribution in [2.75, 3.05) is 7.11 Å². The minimum absolute atomic E-state index is 0.319. The predicted octanol–water partition coefficient (Wildman–Crippen LogP) is 2.77. The molecule has 76 valence electrons. The number of ether oxygens (including phenoxy) is 1. The average molecular weight is 265 g/mol. The molecule has 5 heteroatoms. The Morgan fingerprint density at radius 3 is 2.71 bits per heavy atom. The maximum atomic E-state index is 13.2. The fraction of sp³-hybridized carbons (Fsp3) is 0.222. The highest BCUT2D eigenvalue weighted by Gasteiger charge is 2.23. The molecule has 0 aromatic heterocycles. The Hall–Kier alpha value is -0.970. The molecule has 0 aliphatic rings. The molecule has 0 saturated heterocycles. The van der Waals surface area contributed by atoms with Crippen LogP contribution < -0.4 is 0 Å². The fourth-order valence-corrected chi connectivity index (χ4v) is 1.27. The first-order valence-corrected chi connectivity index (χ1v) is 4.52. The fourth-order valence-electron chi connectivity index (χ4n) is 0.937. The molecule has 0 spiro atoms. The van der Waals surface area contributed by atoms with E-state index in [0.29, 0.717) is 4.47 Å². The molecule has 0 heterocycles. The topological polar surface area (TPSA) is 26.3 Å². The van der Waals surface area contributed by atoms with Gasteiger partial charge in [0.2, 0.25) is 6.17 Å². The van der Waals surface area contributed by atoms with Crippen LogP contribution in [-0.4, -0.2) is 13.1 Å². The van der Waals surface area contributed by atoms with Crippen LogP contribution in [0.15, 0.2) is 22.7 Å². The largest absolute Gasteiger partial charge is 0.467 e. The van der Waals surface area contributed by atoms with Crippen LogP contribution in [0.4, 0.5) is 8.78 Å². The second kappa shape index (κ2) is 4.50. The molecule has 1 aromatic rings. The molecule has 0 saturated carbocycles. The molecular weight excluding hydrogens is 258 g/mol. The number of benzene rings is 1. The monoisotopic (exact) mass is 264 g/mol. The molecule has 2 nitrogen and oxygen atoms in total. The van der Waals surface area contributed by atoms with E-state index in [1.807, 2.05) is 0 Å². The van der Waals surface area contributed by atoms with Gasteiger partial charge in [-0.2, -0.15) is 0 Å². The third kappa shape index (κ3) is 2.29. The molecule has 0 bridgehead atoms.